The van der Waals surface area contributed by atoms with Crippen LogP contribution in [0.1, 0.15) is 54.8 Å². The Labute approximate surface area is 252 Å². The van der Waals surface area contributed by atoms with Crippen LogP contribution in [0.15, 0.2) is 108 Å². The number of benzene rings is 4. The normalized spacial score (nSPS) is 13.4. The summed E-state index contributed by atoms with van der Waals surface area (Å²) in [7, 11) is 0. The van der Waals surface area contributed by atoms with Crippen molar-refractivity contribution in [3.63, 3.8) is 0 Å². The van der Waals surface area contributed by atoms with E-state index in [4.69, 9.17) is 0 Å². The van der Waals surface area contributed by atoms with Gasteiger partial charge in [-0.15, -0.1) is 10.2 Å². The van der Waals surface area contributed by atoms with Gasteiger partial charge >= 0.3 is 0 Å². The molecule has 0 saturated carbocycles. The minimum atomic E-state index is 0.0275. The largest absolute Gasteiger partial charge is 0.280 e. The summed E-state index contributed by atoms with van der Waals surface area (Å²) in [5.41, 5.74) is 7.83. The number of thioether (sulfide) groups is 1. The van der Waals surface area contributed by atoms with Crippen molar-refractivity contribution in [2.24, 2.45) is 5.92 Å². The molecule has 1 amide bonds. The monoisotopic (exact) mass is 572 g/mol. The molecular weight excluding hydrogens is 536 g/mol. The second-order valence-corrected chi connectivity index (χ2v) is 12.3. The molecule has 42 heavy (non-hydrogen) atoms. The summed E-state index contributed by atoms with van der Waals surface area (Å²) >= 11 is 1.44. The number of anilines is 2. The zero-order valence-corrected chi connectivity index (χ0v) is 25.2. The summed E-state index contributed by atoms with van der Waals surface area (Å²) in [5.74, 6) is 1.78. The molecule has 5 nitrogen and oxygen atoms in total. The van der Waals surface area contributed by atoms with Crippen LogP contribution in [0.3, 0.4) is 0 Å². The Bertz CT molecular complexity index is 1630. The number of carbonyl (C=O) groups excluding carboxylic acids is 1. The van der Waals surface area contributed by atoms with E-state index in [1.165, 1.54) is 34.0 Å². The summed E-state index contributed by atoms with van der Waals surface area (Å²) in [6.07, 6.45) is 2.88. The lowest BCUT2D eigenvalue weighted by molar-refractivity contribution is -0.115. The van der Waals surface area contributed by atoms with Crippen LogP contribution in [0, 0.1) is 5.92 Å². The predicted octanol–water partition coefficient (Wildman–Crippen LogP) is 8.17. The van der Waals surface area contributed by atoms with E-state index in [9.17, 15) is 4.79 Å². The van der Waals surface area contributed by atoms with E-state index in [1.807, 2.05) is 35.2 Å². The number of hydrogen-bond donors (Lipinski definition) is 0. The van der Waals surface area contributed by atoms with Crippen LogP contribution in [-0.2, 0) is 24.1 Å². The number of para-hydroxylation sites is 3. The molecule has 1 aliphatic heterocycles. The van der Waals surface area contributed by atoms with E-state index in [1.54, 1.807) is 0 Å². The van der Waals surface area contributed by atoms with Gasteiger partial charge in [-0.05, 0) is 71.7 Å². The topological polar surface area (TPSA) is 51.0 Å². The maximum Gasteiger partial charge on any atom is 0.242 e. The Balaban J connectivity index is 1.31. The van der Waals surface area contributed by atoms with Crippen LogP contribution in [0.4, 0.5) is 11.4 Å². The Morgan fingerprint density at radius 2 is 1.36 bits per heavy atom. The van der Waals surface area contributed by atoms with Crippen molar-refractivity contribution in [3.8, 4) is 5.69 Å². The molecule has 212 valence electrons. The zero-order chi connectivity index (χ0) is 29.1. The van der Waals surface area contributed by atoms with Gasteiger partial charge < -0.3 is 0 Å². The molecule has 0 aliphatic carbocycles. The SMILES string of the molecule is CC(C)Cc1ccc([C@H](C)c2nnc(SCC(=O)N3c4ccccc4CCc4ccccc43)n2-c2ccccc2)cc1. The van der Waals surface area contributed by atoms with Gasteiger partial charge in [-0.1, -0.05) is 111 Å². The maximum atomic E-state index is 14.0. The highest BCUT2D eigenvalue weighted by Crippen LogP contribution is 2.37. The lowest BCUT2D eigenvalue weighted by Crippen LogP contribution is -2.28. The van der Waals surface area contributed by atoms with Gasteiger partial charge in [0.1, 0.15) is 5.82 Å². The fraction of sp³-hybridized carbons (Fsp3) is 0.250. The van der Waals surface area contributed by atoms with Gasteiger partial charge in [0.15, 0.2) is 5.16 Å². The van der Waals surface area contributed by atoms with Gasteiger partial charge in [-0.3, -0.25) is 14.3 Å². The first kappa shape index (κ1) is 28.0. The summed E-state index contributed by atoms with van der Waals surface area (Å²) in [6.45, 7) is 6.66. The van der Waals surface area contributed by atoms with Crippen molar-refractivity contribution in [2.45, 2.75) is 51.1 Å². The smallest absolute Gasteiger partial charge is 0.242 e. The van der Waals surface area contributed by atoms with Crippen molar-refractivity contribution < 1.29 is 4.79 Å². The molecule has 4 aromatic carbocycles. The Hall–Kier alpha value is -4.16. The molecule has 0 radical (unpaired) electrons. The highest BCUT2D eigenvalue weighted by Gasteiger charge is 2.27. The van der Waals surface area contributed by atoms with Crippen LogP contribution in [0.25, 0.3) is 5.69 Å². The number of nitrogens with zero attached hydrogens (tertiary/aromatic N) is 4. The first-order chi connectivity index (χ1) is 20.5. The molecule has 0 N–H and O–H groups in total. The standard InChI is InChI=1S/C36H36N4OS/c1-25(2)23-27-17-19-28(20-18-27)26(3)35-37-38-36(39(35)31-13-5-4-6-14-31)42-24-34(41)40-32-15-9-7-11-29(32)21-22-30-12-8-10-16-33(30)40/h4-20,25-26H,21-24H2,1-3H3/t26-/m0/s1. The van der Waals surface area contributed by atoms with Crippen molar-refractivity contribution >= 4 is 29.0 Å². The number of rotatable bonds is 8. The molecule has 2 heterocycles. The second kappa shape index (κ2) is 12.4. The molecule has 0 bridgehead atoms. The molecule has 5 aromatic rings. The number of fused-ring (bicyclic) bond motifs is 2. The molecule has 0 unspecified atom stereocenters. The molecule has 0 fully saturated rings. The van der Waals surface area contributed by atoms with Crippen molar-refractivity contribution in [1.29, 1.82) is 0 Å². The zero-order valence-electron chi connectivity index (χ0n) is 24.4. The van der Waals surface area contributed by atoms with Gasteiger partial charge in [-0.2, -0.15) is 0 Å². The Morgan fingerprint density at radius 3 is 1.98 bits per heavy atom. The number of aromatic nitrogens is 3. The molecule has 0 spiro atoms. The summed E-state index contributed by atoms with van der Waals surface area (Å²) < 4.78 is 2.11. The molecule has 1 aromatic heterocycles. The van der Waals surface area contributed by atoms with E-state index in [2.05, 4.69) is 108 Å². The highest BCUT2D eigenvalue weighted by molar-refractivity contribution is 7.99. The number of aryl methyl sites for hydroxylation is 2. The highest BCUT2D eigenvalue weighted by atomic mass is 32.2. The average Bonchev–Trinajstić information content (AvgIpc) is 3.36. The summed E-state index contributed by atoms with van der Waals surface area (Å²) in [6, 6.07) is 35.5. The lowest BCUT2D eigenvalue weighted by Gasteiger charge is -2.25. The minimum Gasteiger partial charge on any atom is -0.280 e. The van der Waals surface area contributed by atoms with Gasteiger partial charge in [-0.25, -0.2) is 0 Å². The van der Waals surface area contributed by atoms with Crippen LogP contribution in [0.5, 0.6) is 0 Å². The summed E-state index contributed by atoms with van der Waals surface area (Å²) in [5, 5.41) is 10.0. The molecule has 1 atom stereocenters. The Morgan fingerprint density at radius 1 is 0.762 bits per heavy atom. The fourth-order valence-corrected chi connectivity index (χ4v) is 6.59. The van der Waals surface area contributed by atoms with Crippen LogP contribution >= 0.6 is 11.8 Å². The molecule has 6 rings (SSSR count). The number of amides is 1. The minimum absolute atomic E-state index is 0.0275. The third kappa shape index (κ3) is 5.77. The van der Waals surface area contributed by atoms with Crippen molar-refractivity contribution in [3.05, 3.63) is 131 Å². The van der Waals surface area contributed by atoms with E-state index < -0.39 is 0 Å². The molecule has 0 saturated heterocycles. The number of hydrogen-bond acceptors (Lipinski definition) is 4. The van der Waals surface area contributed by atoms with Crippen molar-refractivity contribution in [1.82, 2.24) is 14.8 Å². The molecular formula is C36H36N4OS. The third-order valence-electron chi connectivity index (χ3n) is 7.89. The predicted molar refractivity (Wildman–Crippen MR) is 172 cm³/mol. The van der Waals surface area contributed by atoms with E-state index in [0.29, 0.717) is 11.1 Å². The quantitative estimate of drug-likeness (QED) is 0.176. The van der Waals surface area contributed by atoms with E-state index in [0.717, 1.165) is 42.1 Å². The second-order valence-electron chi connectivity index (χ2n) is 11.3. The third-order valence-corrected chi connectivity index (χ3v) is 8.80. The van der Waals surface area contributed by atoms with Crippen LogP contribution in [-0.4, -0.2) is 26.4 Å². The van der Waals surface area contributed by atoms with Gasteiger partial charge in [0.25, 0.3) is 0 Å². The van der Waals surface area contributed by atoms with E-state index >= 15 is 0 Å². The Kier molecular flexibility index (Phi) is 8.24. The van der Waals surface area contributed by atoms with Gasteiger partial charge in [0.05, 0.1) is 17.1 Å². The van der Waals surface area contributed by atoms with Crippen LogP contribution in [0.2, 0.25) is 0 Å². The van der Waals surface area contributed by atoms with Gasteiger partial charge in [0, 0.05) is 11.6 Å². The van der Waals surface area contributed by atoms with Gasteiger partial charge in [0.2, 0.25) is 5.91 Å². The van der Waals surface area contributed by atoms with Crippen LogP contribution < -0.4 is 4.90 Å². The fourth-order valence-electron chi connectivity index (χ4n) is 5.78. The average molecular weight is 573 g/mol. The summed E-state index contributed by atoms with van der Waals surface area (Å²) in [4.78, 5) is 15.9. The van der Waals surface area contributed by atoms with E-state index in [-0.39, 0.29) is 17.6 Å². The molecule has 1 aliphatic rings. The lowest BCUT2D eigenvalue weighted by atomic mass is 9.96. The number of carbonyl (C=O) groups is 1. The van der Waals surface area contributed by atoms with Crippen molar-refractivity contribution in [2.75, 3.05) is 10.7 Å². The molecule has 6 heteroatoms. The first-order valence-corrected chi connectivity index (χ1v) is 15.7. The maximum absolute atomic E-state index is 14.0. The first-order valence-electron chi connectivity index (χ1n) is 14.7.